The first-order valence-corrected chi connectivity index (χ1v) is 6.41. The fourth-order valence-electron chi connectivity index (χ4n) is 2.22. The number of ether oxygens (including phenoxy) is 1. The summed E-state index contributed by atoms with van der Waals surface area (Å²) < 4.78 is 19.2. The number of carbonyl (C=O) groups excluding carboxylic acids is 2. The van der Waals surface area contributed by atoms with Crippen LogP contribution in [0.2, 0.25) is 0 Å². The van der Waals surface area contributed by atoms with Gasteiger partial charge in [0.05, 0.1) is 0 Å². The first-order valence-electron chi connectivity index (χ1n) is 6.41. The van der Waals surface area contributed by atoms with E-state index in [1.165, 1.54) is 7.05 Å². The molecule has 0 saturated heterocycles. The summed E-state index contributed by atoms with van der Waals surface area (Å²) in [5.74, 6) is -1.38. The van der Waals surface area contributed by atoms with Gasteiger partial charge in [-0.3, -0.25) is 4.79 Å². The van der Waals surface area contributed by atoms with Crippen LogP contribution in [0.15, 0.2) is 0 Å². The van der Waals surface area contributed by atoms with Crippen molar-refractivity contribution >= 4 is 11.9 Å². The van der Waals surface area contributed by atoms with Crippen molar-refractivity contribution in [2.24, 2.45) is 11.8 Å². The summed E-state index contributed by atoms with van der Waals surface area (Å²) in [5, 5.41) is 2.13. The molecule has 1 fully saturated rings. The van der Waals surface area contributed by atoms with Crippen molar-refractivity contribution < 1.29 is 18.7 Å². The molecule has 0 spiro atoms. The number of hydrogen-bond acceptors (Lipinski definition) is 3. The highest BCUT2D eigenvalue weighted by molar-refractivity contribution is 6.05. The lowest BCUT2D eigenvalue weighted by Crippen LogP contribution is -2.48. The Labute approximate surface area is 107 Å². The van der Waals surface area contributed by atoms with Crippen LogP contribution in [0.4, 0.5) is 4.39 Å². The minimum absolute atomic E-state index is 0.214. The maximum atomic E-state index is 14.0. The lowest BCUT2D eigenvalue weighted by molar-refractivity contribution is -0.170. The highest BCUT2D eigenvalue weighted by Crippen LogP contribution is 2.31. The van der Waals surface area contributed by atoms with E-state index in [1.54, 1.807) is 0 Å². The maximum absolute atomic E-state index is 14.0. The Morgan fingerprint density at radius 1 is 1.33 bits per heavy atom. The number of halogens is 1. The van der Waals surface area contributed by atoms with Crippen LogP contribution in [0, 0.1) is 11.8 Å². The van der Waals surface area contributed by atoms with Crippen molar-refractivity contribution in [3.8, 4) is 0 Å². The molecule has 0 bridgehead atoms. The summed E-state index contributed by atoms with van der Waals surface area (Å²) >= 11 is 0. The largest absolute Gasteiger partial charge is 0.459 e. The molecule has 0 aromatic carbocycles. The predicted octanol–water partition coefficient (Wildman–Crippen LogP) is 1.83. The standard InChI is InChI=1S/C13H22FNO3/c1-8-5-6-9(2)10(7-8)18-12(17)13(3,14)11(16)15-4/h8-10H,5-7H2,1-4H3,(H,15,16)/t8-,9-,10?,13-/m0/s1. The number of alkyl halides is 1. The molecular weight excluding hydrogens is 237 g/mol. The Bertz CT molecular complexity index is 330. The summed E-state index contributed by atoms with van der Waals surface area (Å²) in [4.78, 5) is 23.0. The Kier molecular flexibility index (Phi) is 4.71. The van der Waals surface area contributed by atoms with Crippen LogP contribution in [0.25, 0.3) is 0 Å². The van der Waals surface area contributed by atoms with E-state index in [0.717, 1.165) is 26.2 Å². The molecule has 1 N–H and O–H groups in total. The SMILES string of the molecule is CNC(=O)[C@](C)(F)C(=O)OC1C[C@@H](C)CC[C@@H]1C. The number of nitrogens with one attached hydrogen (secondary N) is 1. The number of rotatable bonds is 3. The molecule has 0 radical (unpaired) electrons. The van der Waals surface area contributed by atoms with Crippen LogP contribution in [-0.2, 0) is 14.3 Å². The lowest BCUT2D eigenvalue weighted by Gasteiger charge is -2.33. The van der Waals surface area contributed by atoms with E-state index in [2.05, 4.69) is 12.2 Å². The first kappa shape index (κ1) is 14.9. The molecule has 5 heteroatoms. The van der Waals surface area contributed by atoms with Crippen molar-refractivity contribution in [2.75, 3.05) is 7.05 Å². The van der Waals surface area contributed by atoms with Gasteiger partial charge in [-0.05, 0) is 31.6 Å². The maximum Gasteiger partial charge on any atom is 0.353 e. The quantitative estimate of drug-likeness (QED) is 0.621. The van der Waals surface area contributed by atoms with Gasteiger partial charge in [0.25, 0.3) is 11.6 Å². The topological polar surface area (TPSA) is 55.4 Å². The zero-order valence-electron chi connectivity index (χ0n) is 11.5. The second-order valence-electron chi connectivity index (χ2n) is 5.42. The molecule has 0 aromatic rings. The van der Waals surface area contributed by atoms with Crippen molar-refractivity contribution in [2.45, 2.75) is 51.8 Å². The molecule has 0 aliphatic heterocycles. The number of esters is 1. The number of carbonyl (C=O) groups is 2. The van der Waals surface area contributed by atoms with Gasteiger partial charge in [0.2, 0.25) is 0 Å². The van der Waals surface area contributed by atoms with E-state index in [4.69, 9.17) is 4.74 Å². The Hall–Kier alpha value is -1.13. The average Bonchev–Trinajstić information content (AvgIpc) is 2.32. The fraction of sp³-hybridized carbons (Fsp3) is 0.846. The van der Waals surface area contributed by atoms with Crippen molar-refractivity contribution in [1.82, 2.24) is 5.32 Å². The van der Waals surface area contributed by atoms with Gasteiger partial charge in [0, 0.05) is 7.05 Å². The zero-order chi connectivity index (χ0) is 13.9. The highest BCUT2D eigenvalue weighted by atomic mass is 19.1. The average molecular weight is 259 g/mol. The van der Waals surface area contributed by atoms with Crippen LogP contribution in [-0.4, -0.2) is 30.7 Å². The third kappa shape index (κ3) is 3.21. The van der Waals surface area contributed by atoms with E-state index >= 15 is 0 Å². The molecular formula is C13H22FNO3. The summed E-state index contributed by atoms with van der Waals surface area (Å²) in [6, 6.07) is 0. The second-order valence-corrected chi connectivity index (χ2v) is 5.42. The van der Waals surface area contributed by atoms with Crippen LogP contribution >= 0.6 is 0 Å². The van der Waals surface area contributed by atoms with Gasteiger partial charge in [-0.2, -0.15) is 0 Å². The second kappa shape index (κ2) is 5.67. The van der Waals surface area contributed by atoms with Crippen LogP contribution in [0.5, 0.6) is 0 Å². The first-order chi connectivity index (χ1) is 8.28. The Morgan fingerprint density at radius 3 is 2.50 bits per heavy atom. The summed E-state index contributed by atoms with van der Waals surface area (Å²) in [7, 11) is 1.29. The summed E-state index contributed by atoms with van der Waals surface area (Å²) in [6.45, 7) is 5.00. The molecule has 0 heterocycles. The van der Waals surface area contributed by atoms with Gasteiger partial charge < -0.3 is 10.1 Å². The number of amides is 1. The van der Waals surface area contributed by atoms with Gasteiger partial charge in [-0.1, -0.05) is 20.3 Å². The van der Waals surface area contributed by atoms with Crippen LogP contribution in [0.3, 0.4) is 0 Å². The van der Waals surface area contributed by atoms with Gasteiger partial charge >= 0.3 is 5.97 Å². The molecule has 1 rings (SSSR count). The van der Waals surface area contributed by atoms with Gasteiger partial charge in [-0.25, -0.2) is 9.18 Å². The molecule has 1 saturated carbocycles. The van der Waals surface area contributed by atoms with Crippen molar-refractivity contribution in [1.29, 1.82) is 0 Å². The minimum atomic E-state index is -2.62. The van der Waals surface area contributed by atoms with Crippen LogP contribution in [0.1, 0.15) is 40.0 Å². The van der Waals surface area contributed by atoms with Gasteiger partial charge in [0.15, 0.2) is 0 Å². The molecule has 1 amide bonds. The molecule has 4 atom stereocenters. The van der Waals surface area contributed by atoms with Crippen LogP contribution < -0.4 is 5.32 Å². The molecule has 1 unspecified atom stereocenters. The van der Waals surface area contributed by atoms with Gasteiger partial charge in [0.1, 0.15) is 6.10 Å². The molecule has 4 nitrogen and oxygen atoms in total. The van der Waals surface area contributed by atoms with E-state index in [9.17, 15) is 14.0 Å². The van der Waals surface area contributed by atoms with Crippen molar-refractivity contribution in [3.63, 3.8) is 0 Å². The smallest absolute Gasteiger partial charge is 0.353 e. The summed E-state index contributed by atoms with van der Waals surface area (Å²) in [6.07, 6.45) is 2.50. The van der Waals surface area contributed by atoms with Gasteiger partial charge in [-0.15, -0.1) is 0 Å². The Balaban J connectivity index is 2.66. The van der Waals surface area contributed by atoms with E-state index in [1.807, 2.05) is 6.92 Å². The molecule has 1 aliphatic carbocycles. The van der Waals surface area contributed by atoms with E-state index in [0.29, 0.717) is 5.92 Å². The molecule has 18 heavy (non-hydrogen) atoms. The lowest BCUT2D eigenvalue weighted by atomic mass is 9.81. The van der Waals surface area contributed by atoms with E-state index < -0.39 is 17.5 Å². The minimum Gasteiger partial charge on any atom is -0.459 e. The van der Waals surface area contributed by atoms with Crippen molar-refractivity contribution in [3.05, 3.63) is 0 Å². The Morgan fingerprint density at radius 2 is 1.94 bits per heavy atom. The molecule has 1 aliphatic rings. The third-order valence-corrected chi connectivity index (χ3v) is 3.68. The molecule has 0 aromatic heterocycles. The van der Waals surface area contributed by atoms with E-state index in [-0.39, 0.29) is 12.0 Å². The predicted molar refractivity (Wildman–Crippen MR) is 65.6 cm³/mol. The normalized spacial score (nSPS) is 31.3. The molecule has 104 valence electrons. The highest BCUT2D eigenvalue weighted by Gasteiger charge is 2.44. The zero-order valence-corrected chi connectivity index (χ0v) is 11.5. The number of hydrogen-bond donors (Lipinski definition) is 1. The fourth-order valence-corrected chi connectivity index (χ4v) is 2.22. The third-order valence-electron chi connectivity index (χ3n) is 3.68. The monoisotopic (exact) mass is 259 g/mol. The summed E-state index contributed by atoms with van der Waals surface area (Å²) in [5.41, 5.74) is -2.62.